The van der Waals surface area contributed by atoms with Gasteiger partial charge in [0.05, 0.1) is 5.92 Å². The standard InChI is InChI=1S/C29H31NO3/c31-28(30-27-18-19-27)26-11-5-10-25(20-26)23-15-12-22(13-16-23)14-17-24(29(32)33)9-4-8-21-6-2-1-3-7-21/h1-3,5-7,10-13,15-16,20,24,27H,4,8-9,14,17-19H2,(H,30,31)(H,32,33). The van der Waals surface area contributed by atoms with E-state index < -0.39 is 5.97 Å². The molecule has 3 aromatic rings. The lowest BCUT2D eigenvalue weighted by atomic mass is 9.93. The van der Waals surface area contributed by atoms with Gasteiger partial charge in [0.25, 0.3) is 5.91 Å². The summed E-state index contributed by atoms with van der Waals surface area (Å²) in [5.41, 5.74) is 5.14. The maximum absolute atomic E-state index is 12.3. The van der Waals surface area contributed by atoms with Crippen LogP contribution < -0.4 is 5.32 Å². The second-order valence-corrected chi connectivity index (χ2v) is 8.98. The van der Waals surface area contributed by atoms with Gasteiger partial charge < -0.3 is 10.4 Å². The zero-order valence-corrected chi connectivity index (χ0v) is 18.9. The third-order valence-corrected chi connectivity index (χ3v) is 6.32. The summed E-state index contributed by atoms with van der Waals surface area (Å²) in [5.74, 6) is -1.04. The summed E-state index contributed by atoms with van der Waals surface area (Å²) in [6, 6.07) is 26.5. The molecule has 0 spiro atoms. The van der Waals surface area contributed by atoms with Crippen molar-refractivity contribution in [3.05, 3.63) is 95.6 Å². The molecule has 4 rings (SSSR count). The molecule has 0 saturated heterocycles. The SMILES string of the molecule is O=C(NC1CC1)c1cccc(-c2ccc(CCC(CCCc3ccccc3)C(=O)O)cc2)c1. The van der Waals surface area contributed by atoms with Crippen molar-refractivity contribution in [3.8, 4) is 11.1 Å². The molecular weight excluding hydrogens is 410 g/mol. The molecule has 1 aliphatic rings. The molecular formula is C29H31NO3. The Kier molecular flexibility index (Phi) is 7.56. The fourth-order valence-electron chi connectivity index (χ4n) is 4.13. The predicted molar refractivity (Wildman–Crippen MR) is 131 cm³/mol. The Balaban J connectivity index is 1.31. The largest absolute Gasteiger partial charge is 0.481 e. The summed E-state index contributed by atoms with van der Waals surface area (Å²) in [6.07, 6.45) is 6.01. The summed E-state index contributed by atoms with van der Waals surface area (Å²) in [7, 11) is 0. The summed E-state index contributed by atoms with van der Waals surface area (Å²) in [5, 5.41) is 12.7. The predicted octanol–water partition coefficient (Wildman–Crippen LogP) is 5.90. The summed E-state index contributed by atoms with van der Waals surface area (Å²) in [4.78, 5) is 24.1. The molecule has 2 N–H and O–H groups in total. The van der Waals surface area contributed by atoms with Gasteiger partial charge in [-0.1, -0.05) is 66.7 Å². The van der Waals surface area contributed by atoms with E-state index in [2.05, 4.69) is 41.7 Å². The highest BCUT2D eigenvalue weighted by atomic mass is 16.4. The highest BCUT2D eigenvalue weighted by Crippen LogP contribution is 2.24. The van der Waals surface area contributed by atoms with Crippen molar-refractivity contribution in [3.63, 3.8) is 0 Å². The Bertz CT molecular complexity index is 1070. The number of benzene rings is 3. The lowest BCUT2D eigenvalue weighted by molar-refractivity contribution is -0.142. The van der Waals surface area contributed by atoms with Crippen LogP contribution in [-0.4, -0.2) is 23.0 Å². The fourth-order valence-corrected chi connectivity index (χ4v) is 4.13. The van der Waals surface area contributed by atoms with Crippen LogP contribution in [0, 0.1) is 5.92 Å². The minimum absolute atomic E-state index is 0.0112. The molecule has 3 aromatic carbocycles. The molecule has 1 saturated carbocycles. The lowest BCUT2D eigenvalue weighted by Crippen LogP contribution is -2.25. The van der Waals surface area contributed by atoms with E-state index in [9.17, 15) is 14.7 Å². The molecule has 4 heteroatoms. The first-order valence-electron chi connectivity index (χ1n) is 11.9. The van der Waals surface area contributed by atoms with Gasteiger partial charge in [0.2, 0.25) is 0 Å². The monoisotopic (exact) mass is 441 g/mol. The molecule has 0 aliphatic heterocycles. The number of aliphatic carboxylic acids is 1. The Morgan fingerprint density at radius 2 is 1.55 bits per heavy atom. The second kappa shape index (κ2) is 11.0. The smallest absolute Gasteiger partial charge is 0.306 e. The van der Waals surface area contributed by atoms with Gasteiger partial charge in [-0.25, -0.2) is 0 Å². The van der Waals surface area contributed by atoms with Crippen LogP contribution in [0.1, 0.15) is 53.6 Å². The number of amides is 1. The van der Waals surface area contributed by atoms with Crippen LogP contribution in [-0.2, 0) is 17.6 Å². The van der Waals surface area contributed by atoms with Crippen LogP contribution in [0.15, 0.2) is 78.9 Å². The number of aryl methyl sites for hydroxylation is 2. The van der Waals surface area contributed by atoms with Crippen LogP contribution >= 0.6 is 0 Å². The van der Waals surface area contributed by atoms with E-state index in [1.807, 2.05) is 42.5 Å². The molecule has 0 bridgehead atoms. The van der Waals surface area contributed by atoms with Gasteiger partial charge >= 0.3 is 5.97 Å². The van der Waals surface area contributed by atoms with Crippen molar-refractivity contribution in [1.29, 1.82) is 0 Å². The number of nitrogens with one attached hydrogen (secondary N) is 1. The Hall–Kier alpha value is -3.40. The number of hydrogen-bond donors (Lipinski definition) is 2. The van der Waals surface area contributed by atoms with E-state index in [1.165, 1.54) is 5.56 Å². The van der Waals surface area contributed by atoms with Crippen molar-refractivity contribution in [2.45, 2.75) is 51.0 Å². The lowest BCUT2D eigenvalue weighted by Gasteiger charge is -2.13. The first kappa shape index (κ1) is 22.8. The van der Waals surface area contributed by atoms with Crippen LogP contribution in [0.5, 0.6) is 0 Å². The molecule has 1 aliphatic carbocycles. The van der Waals surface area contributed by atoms with E-state index in [0.717, 1.165) is 48.8 Å². The topological polar surface area (TPSA) is 66.4 Å². The number of carboxylic acids is 1. The molecule has 1 unspecified atom stereocenters. The Morgan fingerprint density at radius 3 is 2.24 bits per heavy atom. The Morgan fingerprint density at radius 1 is 0.818 bits per heavy atom. The second-order valence-electron chi connectivity index (χ2n) is 8.98. The van der Waals surface area contributed by atoms with E-state index >= 15 is 0 Å². The maximum Gasteiger partial charge on any atom is 0.306 e. The molecule has 4 nitrogen and oxygen atoms in total. The number of rotatable bonds is 11. The van der Waals surface area contributed by atoms with Gasteiger partial charge in [-0.3, -0.25) is 9.59 Å². The molecule has 0 aromatic heterocycles. The number of hydrogen-bond acceptors (Lipinski definition) is 2. The highest BCUT2D eigenvalue weighted by molar-refractivity contribution is 5.95. The first-order valence-corrected chi connectivity index (χ1v) is 11.9. The molecule has 0 heterocycles. The average Bonchev–Trinajstić information content (AvgIpc) is 3.66. The number of carbonyl (C=O) groups is 2. The molecule has 1 amide bonds. The van der Waals surface area contributed by atoms with Gasteiger partial charge in [-0.05, 0) is 79.3 Å². The van der Waals surface area contributed by atoms with E-state index in [4.69, 9.17) is 0 Å². The molecule has 1 fully saturated rings. The van der Waals surface area contributed by atoms with Crippen molar-refractivity contribution in [2.75, 3.05) is 0 Å². The number of carbonyl (C=O) groups excluding carboxylic acids is 1. The molecule has 0 radical (unpaired) electrons. The third kappa shape index (κ3) is 6.79. The minimum Gasteiger partial charge on any atom is -0.481 e. The van der Waals surface area contributed by atoms with E-state index in [-0.39, 0.29) is 11.8 Å². The summed E-state index contributed by atoms with van der Waals surface area (Å²) < 4.78 is 0. The fraction of sp³-hybridized carbons (Fsp3) is 0.310. The van der Waals surface area contributed by atoms with Gasteiger partial charge in [0.1, 0.15) is 0 Å². The van der Waals surface area contributed by atoms with Crippen LogP contribution in [0.3, 0.4) is 0 Å². The van der Waals surface area contributed by atoms with Crippen molar-refractivity contribution in [1.82, 2.24) is 5.32 Å². The van der Waals surface area contributed by atoms with Gasteiger partial charge in [-0.2, -0.15) is 0 Å². The first-order chi connectivity index (χ1) is 16.1. The summed E-state index contributed by atoms with van der Waals surface area (Å²) in [6.45, 7) is 0. The van der Waals surface area contributed by atoms with Crippen molar-refractivity contribution < 1.29 is 14.7 Å². The van der Waals surface area contributed by atoms with Crippen molar-refractivity contribution in [2.24, 2.45) is 5.92 Å². The molecule has 170 valence electrons. The van der Waals surface area contributed by atoms with Gasteiger partial charge in [-0.15, -0.1) is 0 Å². The van der Waals surface area contributed by atoms with Crippen molar-refractivity contribution >= 4 is 11.9 Å². The van der Waals surface area contributed by atoms with E-state index in [1.54, 1.807) is 0 Å². The third-order valence-electron chi connectivity index (χ3n) is 6.32. The van der Waals surface area contributed by atoms with E-state index in [0.29, 0.717) is 24.4 Å². The normalized spacial score (nSPS) is 13.9. The van der Waals surface area contributed by atoms with Crippen LogP contribution in [0.2, 0.25) is 0 Å². The molecule has 1 atom stereocenters. The average molecular weight is 442 g/mol. The quantitative estimate of drug-likeness (QED) is 0.389. The van der Waals surface area contributed by atoms with Gasteiger partial charge in [0, 0.05) is 11.6 Å². The summed E-state index contributed by atoms with van der Waals surface area (Å²) >= 11 is 0. The number of carboxylic acid groups (broad SMARTS) is 1. The van der Waals surface area contributed by atoms with Crippen LogP contribution in [0.25, 0.3) is 11.1 Å². The zero-order valence-electron chi connectivity index (χ0n) is 18.9. The maximum atomic E-state index is 12.3. The highest BCUT2D eigenvalue weighted by Gasteiger charge is 2.23. The zero-order chi connectivity index (χ0) is 23.0. The Labute approximate surface area is 195 Å². The minimum atomic E-state index is -0.707. The van der Waals surface area contributed by atoms with Gasteiger partial charge in [0.15, 0.2) is 0 Å². The van der Waals surface area contributed by atoms with Crippen LogP contribution in [0.4, 0.5) is 0 Å². The molecule has 33 heavy (non-hydrogen) atoms.